The number of fused-ring (bicyclic) bond motifs is 6. The summed E-state index contributed by atoms with van der Waals surface area (Å²) in [6.45, 7) is 2.36. The molecule has 1 atom stereocenters. The molecule has 10 aromatic rings. The standard InChI is InChI=1S/C54H36N2O/c1-54(40-16-6-3-7-17-40)47-22-12-10-20-43(47)44-30-28-39(33-48(44)54)50-34-49(55-53(56-50)37-14-4-2-5-15-37)36-26-24-35(25-27-36)41-18-8-9-19-42(41)38-29-31-52-46(32-38)45-21-11-13-23-51(45)57-52/h2-34H,1H3. The zero-order valence-electron chi connectivity index (χ0n) is 31.4. The van der Waals surface area contributed by atoms with E-state index in [0.29, 0.717) is 5.82 Å². The lowest BCUT2D eigenvalue weighted by atomic mass is 9.74. The molecular formula is C54H36N2O. The van der Waals surface area contributed by atoms with Crippen molar-refractivity contribution in [3.05, 3.63) is 217 Å². The van der Waals surface area contributed by atoms with Crippen molar-refractivity contribution in [3.8, 4) is 67.3 Å². The van der Waals surface area contributed by atoms with Gasteiger partial charge in [-0.1, -0.05) is 170 Å². The highest BCUT2D eigenvalue weighted by Crippen LogP contribution is 2.53. The average Bonchev–Trinajstić information content (AvgIpc) is 3.79. The zero-order chi connectivity index (χ0) is 37.9. The van der Waals surface area contributed by atoms with Gasteiger partial charge >= 0.3 is 0 Å². The Balaban J connectivity index is 1.01. The molecule has 1 aliphatic carbocycles. The van der Waals surface area contributed by atoms with E-state index in [4.69, 9.17) is 14.4 Å². The van der Waals surface area contributed by atoms with Crippen molar-refractivity contribution in [2.75, 3.05) is 0 Å². The van der Waals surface area contributed by atoms with E-state index in [9.17, 15) is 0 Å². The molecule has 268 valence electrons. The third kappa shape index (κ3) is 5.43. The molecule has 0 fully saturated rings. The van der Waals surface area contributed by atoms with Gasteiger partial charge in [0.05, 0.1) is 11.4 Å². The van der Waals surface area contributed by atoms with Crippen molar-refractivity contribution in [1.29, 1.82) is 0 Å². The lowest BCUT2D eigenvalue weighted by molar-refractivity contribution is 0.669. The Morgan fingerprint density at radius 1 is 0.368 bits per heavy atom. The minimum absolute atomic E-state index is 0.300. The van der Waals surface area contributed by atoms with Crippen LogP contribution < -0.4 is 0 Å². The normalized spacial score (nSPS) is 14.5. The molecule has 2 heterocycles. The molecule has 8 aromatic carbocycles. The number of aromatic nitrogens is 2. The monoisotopic (exact) mass is 728 g/mol. The predicted molar refractivity (Wildman–Crippen MR) is 234 cm³/mol. The van der Waals surface area contributed by atoms with E-state index < -0.39 is 0 Å². The maximum Gasteiger partial charge on any atom is 0.160 e. The van der Waals surface area contributed by atoms with E-state index >= 15 is 0 Å². The van der Waals surface area contributed by atoms with E-state index in [1.165, 1.54) is 38.9 Å². The van der Waals surface area contributed by atoms with Crippen molar-refractivity contribution < 1.29 is 4.42 Å². The van der Waals surface area contributed by atoms with Gasteiger partial charge in [0.15, 0.2) is 5.82 Å². The van der Waals surface area contributed by atoms with Gasteiger partial charge in [-0.2, -0.15) is 0 Å². The van der Waals surface area contributed by atoms with Crippen molar-refractivity contribution >= 4 is 21.9 Å². The summed E-state index contributed by atoms with van der Waals surface area (Å²) in [5, 5.41) is 2.25. The van der Waals surface area contributed by atoms with Crippen LogP contribution in [0, 0.1) is 0 Å². The van der Waals surface area contributed by atoms with Crippen LogP contribution in [0.25, 0.3) is 89.2 Å². The molecule has 0 spiro atoms. The Morgan fingerprint density at radius 3 is 1.72 bits per heavy atom. The molecule has 11 rings (SSSR count). The van der Waals surface area contributed by atoms with Gasteiger partial charge in [0, 0.05) is 32.9 Å². The first-order valence-corrected chi connectivity index (χ1v) is 19.5. The van der Waals surface area contributed by atoms with Gasteiger partial charge in [-0.25, -0.2) is 9.97 Å². The highest BCUT2D eigenvalue weighted by molar-refractivity contribution is 6.06. The molecule has 3 nitrogen and oxygen atoms in total. The third-order valence-electron chi connectivity index (χ3n) is 11.8. The number of benzene rings is 8. The predicted octanol–water partition coefficient (Wildman–Crippen LogP) is 14.0. The van der Waals surface area contributed by atoms with Crippen LogP contribution in [0.2, 0.25) is 0 Å². The van der Waals surface area contributed by atoms with Crippen LogP contribution in [-0.2, 0) is 5.41 Å². The second kappa shape index (κ2) is 13.1. The molecular weight excluding hydrogens is 693 g/mol. The summed E-state index contributed by atoms with van der Waals surface area (Å²) >= 11 is 0. The molecule has 1 aliphatic rings. The van der Waals surface area contributed by atoms with Crippen molar-refractivity contribution in [3.63, 3.8) is 0 Å². The van der Waals surface area contributed by atoms with Crippen molar-refractivity contribution in [2.24, 2.45) is 0 Å². The summed E-state index contributed by atoms with van der Waals surface area (Å²) in [4.78, 5) is 10.4. The molecule has 0 bridgehead atoms. The Labute approximate surface area is 331 Å². The van der Waals surface area contributed by atoms with Crippen molar-refractivity contribution in [1.82, 2.24) is 9.97 Å². The summed E-state index contributed by atoms with van der Waals surface area (Å²) in [6, 6.07) is 71.1. The fourth-order valence-electron chi connectivity index (χ4n) is 8.89. The topological polar surface area (TPSA) is 38.9 Å². The summed E-state index contributed by atoms with van der Waals surface area (Å²) in [5.74, 6) is 0.703. The van der Waals surface area contributed by atoms with Crippen molar-refractivity contribution in [2.45, 2.75) is 12.3 Å². The Bertz CT molecular complexity index is 3130. The second-order valence-corrected chi connectivity index (χ2v) is 15.1. The van der Waals surface area contributed by atoms with E-state index in [1.807, 2.05) is 30.3 Å². The first-order chi connectivity index (χ1) is 28.1. The molecule has 0 saturated carbocycles. The van der Waals surface area contributed by atoms with Crippen LogP contribution >= 0.6 is 0 Å². The van der Waals surface area contributed by atoms with Gasteiger partial charge < -0.3 is 4.42 Å². The zero-order valence-corrected chi connectivity index (χ0v) is 31.4. The van der Waals surface area contributed by atoms with E-state index in [-0.39, 0.29) is 5.41 Å². The maximum absolute atomic E-state index is 6.14. The molecule has 57 heavy (non-hydrogen) atoms. The van der Waals surface area contributed by atoms with Gasteiger partial charge in [0.2, 0.25) is 0 Å². The number of furan rings is 1. The molecule has 1 unspecified atom stereocenters. The quantitative estimate of drug-likeness (QED) is 0.171. The molecule has 0 aliphatic heterocycles. The summed E-state index contributed by atoms with van der Waals surface area (Å²) < 4.78 is 6.14. The van der Waals surface area contributed by atoms with Crippen LogP contribution in [-0.4, -0.2) is 9.97 Å². The third-order valence-corrected chi connectivity index (χ3v) is 11.8. The molecule has 0 amide bonds. The van der Waals surface area contributed by atoms with E-state index in [0.717, 1.165) is 61.1 Å². The van der Waals surface area contributed by atoms with Crippen LogP contribution in [0.15, 0.2) is 205 Å². The fraction of sp³-hybridized carbons (Fsp3) is 0.0370. The minimum atomic E-state index is -0.300. The van der Waals surface area contributed by atoms with Crippen LogP contribution in [0.5, 0.6) is 0 Å². The van der Waals surface area contributed by atoms with Crippen LogP contribution in [0.1, 0.15) is 23.6 Å². The molecule has 0 radical (unpaired) electrons. The summed E-state index contributed by atoms with van der Waals surface area (Å²) in [6.07, 6.45) is 0. The number of nitrogens with zero attached hydrogens (tertiary/aromatic N) is 2. The summed E-state index contributed by atoms with van der Waals surface area (Å²) in [5.41, 5.74) is 17.5. The van der Waals surface area contributed by atoms with Gasteiger partial charge in [0.1, 0.15) is 11.2 Å². The van der Waals surface area contributed by atoms with Gasteiger partial charge in [0.25, 0.3) is 0 Å². The second-order valence-electron chi connectivity index (χ2n) is 15.1. The fourth-order valence-corrected chi connectivity index (χ4v) is 8.89. The Kier molecular flexibility index (Phi) is 7.61. The summed E-state index contributed by atoms with van der Waals surface area (Å²) in [7, 11) is 0. The smallest absolute Gasteiger partial charge is 0.160 e. The Morgan fingerprint density at radius 2 is 0.930 bits per heavy atom. The number of para-hydroxylation sites is 1. The number of hydrogen-bond acceptors (Lipinski definition) is 3. The van der Waals surface area contributed by atoms with E-state index in [2.05, 4.69) is 177 Å². The van der Waals surface area contributed by atoms with E-state index in [1.54, 1.807) is 0 Å². The SMILES string of the molecule is CC1(c2ccccc2)c2ccccc2-c2ccc(-c3cc(-c4ccc(-c5ccccc5-c5ccc6oc7ccccc7c6c5)cc4)nc(-c4ccccc4)n3)cc21. The molecule has 0 N–H and O–H groups in total. The highest BCUT2D eigenvalue weighted by atomic mass is 16.3. The molecule has 0 saturated heterocycles. The van der Waals surface area contributed by atoms with Gasteiger partial charge in [-0.05, 0) is 87.3 Å². The minimum Gasteiger partial charge on any atom is -0.456 e. The first kappa shape index (κ1) is 33.0. The Hall–Kier alpha value is -7.36. The molecule has 3 heteroatoms. The van der Waals surface area contributed by atoms with Gasteiger partial charge in [-0.3, -0.25) is 0 Å². The maximum atomic E-state index is 6.14. The number of hydrogen-bond donors (Lipinski definition) is 0. The van der Waals surface area contributed by atoms with Crippen LogP contribution in [0.4, 0.5) is 0 Å². The lowest BCUT2D eigenvalue weighted by Gasteiger charge is -2.28. The first-order valence-electron chi connectivity index (χ1n) is 19.5. The molecule has 2 aromatic heterocycles. The van der Waals surface area contributed by atoms with Gasteiger partial charge in [-0.15, -0.1) is 0 Å². The largest absolute Gasteiger partial charge is 0.456 e. The average molecular weight is 729 g/mol. The van der Waals surface area contributed by atoms with Crippen LogP contribution in [0.3, 0.4) is 0 Å². The number of rotatable bonds is 6. The highest BCUT2D eigenvalue weighted by Gasteiger charge is 2.40. The lowest BCUT2D eigenvalue weighted by Crippen LogP contribution is -2.22.